The lowest BCUT2D eigenvalue weighted by Gasteiger charge is -1.99. The average Bonchev–Trinajstić information content (AvgIpc) is 2.92. The van der Waals surface area contributed by atoms with Gasteiger partial charge in [-0.1, -0.05) is 45.7 Å². The SMILES string of the molecule is COc1ccc2c(Cl)c(C(=O)NN=Cc3ccccc3Br)sc2c1. The van der Waals surface area contributed by atoms with Gasteiger partial charge in [-0.15, -0.1) is 11.3 Å². The highest BCUT2D eigenvalue weighted by molar-refractivity contribution is 9.10. The molecule has 122 valence electrons. The van der Waals surface area contributed by atoms with Crippen LogP contribution in [0, 0.1) is 0 Å². The second-order valence-corrected chi connectivity index (χ2v) is 7.11. The molecule has 0 aliphatic carbocycles. The van der Waals surface area contributed by atoms with Crippen LogP contribution in [-0.4, -0.2) is 19.2 Å². The predicted octanol–water partition coefficient (Wildman–Crippen LogP) is 5.09. The van der Waals surface area contributed by atoms with Crippen molar-refractivity contribution in [3.8, 4) is 5.75 Å². The van der Waals surface area contributed by atoms with E-state index in [1.54, 1.807) is 13.3 Å². The van der Waals surface area contributed by atoms with Crippen molar-refractivity contribution in [2.45, 2.75) is 0 Å². The normalized spacial score (nSPS) is 11.1. The zero-order valence-electron chi connectivity index (χ0n) is 12.5. The topological polar surface area (TPSA) is 50.7 Å². The fourth-order valence-electron chi connectivity index (χ4n) is 2.11. The van der Waals surface area contributed by atoms with Gasteiger partial charge in [-0.05, 0) is 24.3 Å². The third-order valence-electron chi connectivity index (χ3n) is 3.32. The van der Waals surface area contributed by atoms with Crippen LogP contribution in [0.5, 0.6) is 5.75 Å². The Labute approximate surface area is 156 Å². The average molecular weight is 424 g/mol. The number of carbonyl (C=O) groups excluding carboxylic acids is 1. The number of halogens is 2. The van der Waals surface area contributed by atoms with E-state index in [9.17, 15) is 4.79 Å². The molecular weight excluding hydrogens is 412 g/mol. The van der Waals surface area contributed by atoms with E-state index in [2.05, 4.69) is 26.5 Å². The number of hydrogen-bond donors (Lipinski definition) is 1. The molecule has 1 N–H and O–H groups in total. The Morgan fingerprint density at radius 1 is 1.33 bits per heavy atom. The number of hydrogen-bond acceptors (Lipinski definition) is 4. The lowest BCUT2D eigenvalue weighted by molar-refractivity contribution is 0.0959. The molecule has 0 aliphatic heterocycles. The smallest absolute Gasteiger partial charge is 0.283 e. The summed E-state index contributed by atoms with van der Waals surface area (Å²) in [6.07, 6.45) is 1.58. The van der Waals surface area contributed by atoms with Crippen molar-refractivity contribution in [2.24, 2.45) is 5.10 Å². The Balaban J connectivity index is 1.81. The zero-order valence-corrected chi connectivity index (χ0v) is 15.7. The van der Waals surface area contributed by atoms with E-state index in [0.717, 1.165) is 25.9 Å². The largest absolute Gasteiger partial charge is 0.497 e. The molecule has 0 radical (unpaired) electrons. The molecule has 1 aromatic heterocycles. The van der Waals surface area contributed by atoms with Crippen molar-refractivity contribution in [2.75, 3.05) is 7.11 Å². The first-order valence-corrected chi connectivity index (χ1v) is 8.93. The number of nitrogens with one attached hydrogen (secondary N) is 1. The summed E-state index contributed by atoms with van der Waals surface area (Å²) >= 11 is 11.0. The molecule has 3 aromatic rings. The number of carbonyl (C=O) groups is 1. The third-order valence-corrected chi connectivity index (χ3v) is 5.70. The fourth-order valence-corrected chi connectivity index (χ4v) is 3.93. The number of fused-ring (bicyclic) bond motifs is 1. The van der Waals surface area contributed by atoms with E-state index in [1.807, 2.05) is 42.5 Å². The number of nitrogens with zero attached hydrogens (tertiary/aromatic N) is 1. The van der Waals surface area contributed by atoms with Crippen molar-refractivity contribution in [3.05, 3.63) is 62.4 Å². The second-order valence-electron chi connectivity index (χ2n) is 4.83. The Bertz CT molecular complexity index is 939. The van der Waals surface area contributed by atoms with Gasteiger partial charge in [-0.25, -0.2) is 5.43 Å². The van der Waals surface area contributed by atoms with Crippen LogP contribution in [0.15, 0.2) is 52.0 Å². The molecule has 1 amide bonds. The van der Waals surface area contributed by atoms with Crippen LogP contribution >= 0.6 is 38.9 Å². The van der Waals surface area contributed by atoms with E-state index in [-0.39, 0.29) is 5.91 Å². The summed E-state index contributed by atoms with van der Waals surface area (Å²) < 4.78 is 6.98. The van der Waals surface area contributed by atoms with Gasteiger partial charge in [0.05, 0.1) is 18.3 Å². The van der Waals surface area contributed by atoms with Gasteiger partial charge in [-0.2, -0.15) is 5.10 Å². The van der Waals surface area contributed by atoms with Crippen LogP contribution in [-0.2, 0) is 0 Å². The van der Waals surface area contributed by atoms with Crippen molar-refractivity contribution < 1.29 is 9.53 Å². The molecule has 0 unspecified atom stereocenters. The quantitative estimate of drug-likeness (QED) is 0.469. The van der Waals surface area contributed by atoms with E-state index < -0.39 is 0 Å². The summed E-state index contributed by atoms with van der Waals surface area (Å²) in [5.41, 5.74) is 3.38. The Hall–Kier alpha value is -1.89. The summed E-state index contributed by atoms with van der Waals surface area (Å²) in [6.45, 7) is 0. The van der Waals surface area contributed by atoms with Gasteiger partial charge < -0.3 is 4.74 Å². The molecule has 0 saturated heterocycles. The standard InChI is InChI=1S/C17H12BrClN2O2S/c1-23-11-6-7-12-14(8-11)24-16(15(12)19)17(22)21-20-9-10-4-2-3-5-13(10)18/h2-9H,1H3,(H,21,22). The minimum Gasteiger partial charge on any atom is -0.497 e. The maximum atomic E-state index is 12.3. The molecule has 0 saturated carbocycles. The zero-order chi connectivity index (χ0) is 17.1. The molecule has 4 nitrogen and oxygen atoms in total. The van der Waals surface area contributed by atoms with Gasteiger partial charge in [0.2, 0.25) is 0 Å². The first-order valence-electron chi connectivity index (χ1n) is 6.94. The molecule has 3 rings (SSSR count). The van der Waals surface area contributed by atoms with Crippen molar-refractivity contribution in [1.82, 2.24) is 5.43 Å². The maximum absolute atomic E-state index is 12.3. The van der Waals surface area contributed by atoms with Gasteiger partial charge >= 0.3 is 0 Å². The molecule has 7 heteroatoms. The third kappa shape index (κ3) is 3.45. The predicted molar refractivity (Wildman–Crippen MR) is 103 cm³/mol. The molecule has 0 spiro atoms. The maximum Gasteiger partial charge on any atom is 0.283 e. The highest BCUT2D eigenvalue weighted by Crippen LogP contribution is 2.37. The van der Waals surface area contributed by atoms with Crippen molar-refractivity contribution in [1.29, 1.82) is 0 Å². The summed E-state index contributed by atoms with van der Waals surface area (Å²) in [6, 6.07) is 13.1. The number of ether oxygens (including phenoxy) is 1. The number of thiophene rings is 1. The second kappa shape index (κ2) is 7.34. The van der Waals surface area contributed by atoms with Crippen LogP contribution in [0.3, 0.4) is 0 Å². The Morgan fingerprint density at radius 2 is 2.12 bits per heavy atom. The van der Waals surface area contributed by atoms with Gasteiger partial charge in [0.15, 0.2) is 0 Å². The first-order chi connectivity index (χ1) is 11.6. The molecular formula is C17H12BrClN2O2S. The van der Waals surface area contributed by atoms with Gasteiger partial charge in [0.25, 0.3) is 5.91 Å². The molecule has 0 aliphatic rings. The Morgan fingerprint density at radius 3 is 2.88 bits per heavy atom. The van der Waals surface area contributed by atoms with Crippen LogP contribution < -0.4 is 10.2 Å². The first kappa shape index (κ1) is 17.0. The van der Waals surface area contributed by atoms with Gasteiger partial charge in [-0.3, -0.25) is 4.79 Å². The van der Waals surface area contributed by atoms with E-state index >= 15 is 0 Å². The minimum absolute atomic E-state index is 0.344. The lowest BCUT2D eigenvalue weighted by atomic mass is 10.2. The summed E-state index contributed by atoms with van der Waals surface area (Å²) in [4.78, 5) is 12.7. The summed E-state index contributed by atoms with van der Waals surface area (Å²) in [5.74, 6) is 0.378. The number of hydrazone groups is 1. The van der Waals surface area contributed by atoms with Crippen LogP contribution in [0.2, 0.25) is 5.02 Å². The molecule has 1 heterocycles. The molecule has 0 fully saturated rings. The molecule has 0 atom stereocenters. The van der Waals surface area contributed by atoms with Crippen molar-refractivity contribution >= 4 is 61.1 Å². The van der Waals surface area contributed by atoms with E-state index in [1.165, 1.54) is 11.3 Å². The minimum atomic E-state index is -0.344. The monoisotopic (exact) mass is 422 g/mol. The summed E-state index contributed by atoms with van der Waals surface area (Å²) in [7, 11) is 1.60. The molecule has 24 heavy (non-hydrogen) atoms. The number of methoxy groups -OCH3 is 1. The number of amides is 1. The number of rotatable bonds is 4. The van der Waals surface area contributed by atoms with E-state index in [0.29, 0.717) is 9.90 Å². The fraction of sp³-hybridized carbons (Fsp3) is 0.0588. The van der Waals surface area contributed by atoms with E-state index in [4.69, 9.17) is 16.3 Å². The Kier molecular flexibility index (Phi) is 5.18. The molecule has 0 bridgehead atoms. The molecule has 2 aromatic carbocycles. The summed E-state index contributed by atoms with van der Waals surface area (Å²) in [5, 5.41) is 5.24. The number of benzene rings is 2. The van der Waals surface area contributed by atoms with Crippen LogP contribution in [0.1, 0.15) is 15.2 Å². The highest BCUT2D eigenvalue weighted by Gasteiger charge is 2.17. The van der Waals surface area contributed by atoms with Crippen LogP contribution in [0.25, 0.3) is 10.1 Å². The van der Waals surface area contributed by atoms with Gasteiger partial charge in [0, 0.05) is 20.1 Å². The lowest BCUT2D eigenvalue weighted by Crippen LogP contribution is -2.16. The van der Waals surface area contributed by atoms with Crippen molar-refractivity contribution in [3.63, 3.8) is 0 Å². The van der Waals surface area contributed by atoms with Gasteiger partial charge in [0.1, 0.15) is 10.6 Å². The van der Waals surface area contributed by atoms with Crippen LogP contribution in [0.4, 0.5) is 0 Å². The highest BCUT2D eigenvalue weighted by atomic mass is 79.9.